The Balaban J connectivity index is 0.00000264. The van der Waals surface area contributed by atoms with Gasteiger partial charge in [-0.1, -0.05) is 12.1 Å². The molecule has 1 aromatic rings. The number of nitrogens with one attached hydrogen (secondary N) is 2. The largest absolute Gasteiger partial charge is 0.484 e. The summed E-state index contributed by atoms with van der Waals surface area (Å²) in [6, 6.07) is 7.66. The topological polar surface area (TPSA) is 88.7 Å². The maximum atomic E-state index is 10.6. The van der Waals surface area contributed by atoms with E-state index < -0.39 is 5.91 Å². The molecule has 2 rings (SSSR count). The first kappa shape index (κ1) is 19.5. The highest BCUT2D eigenvalue weighted by Gasteiger charge is 2.20. The van der Waals surface area contributed by atoms with Crippen LogP contribution < -0.4 is 21.1 Å². The third-order valence-corrected chi connectivity index (χ3v) is 3.49. The predicted molar refractivity (Wildman–Crippen MR) is 102 cm³/mol. The highest BCUT2D eigenvalue weighted by atomic mass is 127. The number of ether oxygens (including phenoxy) is 1. The Labute approximate surface area is 154 Å². The molecule has 0 bridgehead atoms. The van der Waals surface area contributed by atoms with Gasteiger partial charge in [-0.25, -0.2) is 0 Å². The zero-order valence-corrected chi connectivity index (χ0v) is 15.7. The Morgan fingerprint density at radius 2 is 2.00 bits per heavy atom. The van der Waals surface area contributed by atoms with Gasteiger partial charge in [-0.05, 0) is 42.9 Å². The van der Waals surface area contributed by atoms with Crippen LogP contribution in [0.15, 0.2) is 29.3 Å². The molecule has 1 fully saturated rings. The molecule has 1 saturated carbocycles. The van der Waals surface area contributed by atoms with Gasteiger partial charge in [0, 0.05) is 20.1 Å². The maximum absolute atomic E-state index is 10.6. The Bertz CT molecular complexity index is 515. The van der Waals surface area contributed by atoms with Gasteiger partial charge in [-0.3, -0.25) is 9.79 Å². The number of carbonyl (C=O) groups is 1. The minimum Gasteiger partial charge on any atom is -0.484 e. The molecule has 0 radical (unpaired) electrons. The molecule has 0 atom stereocenters. The van der Waals surface area contributed by atoms with Gasteiger partial charge in [-0.15, -0.1) is 24.0 Å². The molecule has 0 spiro atoms. The highest BCUT2D eigenvalue weighted by molar-refractivity contribution is 14.0. The second-order valence-electron chi connectivity index (χ2n) is 5.47. The summed E-state index contributed by atoms with van der Waals surface area (Å²) in [4.78, 5) is 14.8. The molecule has 128 valence electrons. The zero-order valence-electron chi connectivity index (χ0n) is 13.4. The van der Waals surface area contributed by atoms with Crippen molar-refractivity contribution in [1.29, 1.82) is 0 Å². The number of guanidine groups is 1. The Hall–Kier alpha value is -1.51. The lowest BCUT2D eigenvalue weighted by Crippen LogP contribution is -2.39. The fourth-order valence-electron chi connectivity index (χ4n) is 2.02. The molecule has 1 aromatic carbocycles. The second kappa shape index (κ2) is 10.3. The van der Waals surface area contributed by atoms with Gasteiger partial charge in [0.2, 0.25) is 0 Å². The quantitative estimate of drug-likeness (QED) is 0.328. The summed E-state index contributed by atoms with van der Waals surface area (Å²) >= 11 is 0. The molecule has 4 N–H and O–H groups in total. The van der Waals surface area contributed by atoms with Crippen LogP contribution in [0, 0.1) is 5.92 Å². The van der Waals surface area contributed by atoms with Crippen molar-refractivity contribution in [3.8, 4) is 5.75 Å². The van der Waals surface area contributed by atoms with Crippen molar-refractivity contribution < 1.29 is 9.53 Å². The van der Waals surface area contributed by atoms with Gasteiger partial charge < -0.3 is 21.1 Å². The Morgan fingerprint density at radius 1 is 1.30 bits per heavy atom. The Kier molecular flexibility index (Phi) is 8.75. The fraction of sp³-hybridized carbons (Fsp3) is 0.500. The lowest BCUT2D eigenvalue weighted by atomic mass is 10.1. The summed E-state index contributed by atoms with van der Waals surface area (Å²) < 4.78 is 5.22. The van der Waals surface area contributed by atoms with E-state index in [4.69, 9.17) is 10.5 Å². The standard InChI is InChI=1S/C16H24N4O2.HI/c1-18-16(20-10-13-2-3-13)19-9-8-12-4-6-14(7-5-12)22-11-15(17)21;/h4-7,13H,2-3,8-11H2,1H3,(H2,17,21)(H2,18,19,20);1H. The third kappa shape index (κ3) is 8.06. The first-order chi connectivity index (χ1) is 10.7. The number of amides is 1. The van der Waals surface area contributed by atoms with Crippen LogP contribution in [0.2, 0.25) is 0 Å². The number of hydrogen-bond donors (Lipinski definition) is 3. The molecular weight excluding hydrogens is 407 g/mol. The number of aliphatic imine (C=N–C) groups is 1. The number of carbonyl (C=O) groups excluding carboxylic acids is 1. The van der Waals surface area contributed by atoms with Gasteiger partial charge in [0.1, 0.15) is 5.75 Å². The van der Waals surface area contributed by atoms with Crippen LogP contribution in [-0.2, 0) is 11.2 Å². The smallest absolute Gasteiger partial charge is 0.255 e. The van der Waals surface area contributed by atoms with Crippen molar-refractivity contribution in [2.45, 2.75) is 19.3 Å². The average Bonchev–Trinajstić information content (AvgIpc) is 3.34. The van der Waals surface area contributed by atoms with Gasteiger partial charge in [0.15, 0.2) is 12.6 Å². The van der Waals surface area contributed by atoms with Crippen molar-refractivity contribution >= 4 is 35.8 Å². The summed E-state index contributed by atoms with van der Waals surface area (Å²) in [7, 11) is 1.78. The van der Waals surface area contributed by atoms with E-state index in [1.165, 1.54) is 18.4 Å². The van der Waals surface area contributed by atoms with Gasteiger partial charge >= 0.3 is 0 Å². The Morgan fingerprint density at radius 3 is 2.57 bits per heavy atom. The van der Waals surface area contributed by atoms with Crippen LogP contribution in [0.4, 0.5) is 0 Å². The summed E-state index contributed by atoms with van der Waals surface area (Å²) in [6.07, 6.45) is 3.54. The second-order valence-corrected chi connectivity index (χ2v) is 5.47. The molecule has 1 amide bonds. The summed E-state index contributed by atoms with van der Waals surface area (Å²) in [5.74, 6) is 1.86. The van der Waals surface area contributed by atoms with Crippen molar-refractivity contribution in [2.24, 2.45) is 16.6 Å². The van der Waals surface area contributed by atoms with Crippen molar-refractivity contribution in [1.82, 2.24) is 10.6 Å². The number of primary amides is 1. The van der Waals surface area contributed by atoms with Crippen molar-refractivity contribution in [2.75, 3.05) is 26.7 Å². The van der Waals surface area contributed by atoms with Crippen LogP contribution in [0.1, 0.15) is 18.4 Å². The molecular formula is C16H25IN4O2. The molecule has 23 heavy (non-hydrogen) atoms. The SMILES string of the molecule is CN=C(NCCc1ccc(OCC(N)=O)cc1)NCC1CC1.I. The summed E-state index contributed by atoms with van der Waals surface area (Å²) in [5, 5.41) is 6.63. The molecule has 7 heteroatoms. The summed E-state index contributed by atoms with van der Waals surface area (Å²) in [5.41, 5.74) is 6.23. The number of benzene rings is 1. The first-order valence-electron chi connectivity index (χ1n) is 7.62. The van der Waals surface area contributed by atoms with Gasteiger partial charge in [0.05, 0.1) is 0 Å². The average molecular weight is 432 g/mol. The lowest BCUT2D eigenvalue weighted by Gasteiger charge is -2.11. The van der Waals surface area contributed by atoms with E-state index in [0.29, 0.717) is 5.75 Å². The third-order valence-electron chi connectivity index (χ3n) is 3.49. The highest BCUT2D eigenvalue weighted by Crippen LogP contribution is 2.27. The van der Waals surface area contributed by atoms with E-state index in [1.807, 2.05) is 24.3 Å². The molecule has 0 heterocycles. The van der Waals surface area contributed by atoms with Crippen LogP contribution >= 0.6 is 24.0 Å². The minimum absolute atomic E-state index is 0. The number of halogens is 1. The van der Waals surface area contributed by atoms with E-state index in [2.05, 4.69) is 15.6 Å². The number of nitrogens with zero attached hydrogens (tertiary/aromatic N) is 1. The predicted octanol–water partition coefficient (Wildman–Crippen LogP) is 1.29. The molecule has 1 aliphatic carbocycles. The molecule has 6 nitrogen and oxygen atoms in total. The number of rotatable bonds is 8. The molecule has 0 saturated heterocycles. The fourth-order valence-corrected chi connectivity index (χ4v) is 2.02. The first-order valence-corrected chi connectivity index (χ1v) is 7.62. The van der Waals surface area contributed by atoms with Crippen molar-refractivity contribution in [3.63, 3.8) is 0 Å². The lowest BCUT2D eigenvalue weighted by molar-refractivity contribution is -0.119. The van der Waals surface area contributed by atoms with E-state index in [-0.39, 0.29) is 30.6 Å². The van der Waals surface area contributed by atoms with Crippen LogP contribution in [0.3, 0.4) is 0 Å². The molecule has 0 aromatic heterocycles. The van der Waals surface area contributed by atoms with E-state index in [0.717, 1.165) is 31.4 Å². The van der Waals surface area contributed by atoms with E-state index >= 15 is 0 Å². The molecule has 0 aliphatic heterocycles. The molecule has 0 unspecified atom stereocenters. The normalized spacial score (nSPS) is 13.9. The van der Waals surface area contributed by atoms with Crippen LogP contribution in [0.25, 0.3) is 0 Å². The summed E-state index contributed by atoms with van der Waals surface area (Å²) in [6.45, 7) is 1.72. The zero-order chi connectivity index (χ0) is 15.8. The van der Waals surface area contributed by atoms with Crippen LogP contribution in [0.5, 0.6) is 5.75 Å². The van der Waals surface area contributed by atoms with Crippen molar-refractivity contribution in [3.05, 3.63) is 29.8 Å². The number of hydrogen-bond acceptors (Lipinski definition) is 3. The monoisotopic (exact) mass is 432 g/mol. The van der Waals surface area contributed by atoms with Gasteiger partial charge in [-0.2, -0.15) is 0 Å². The van der Waals surface area contributed by atoms with Crippen LogP contribution in [-0.4, -0.2) is 38.6 Å². The molecule has 1 aliphatic rings. The minimum atomic E-state index is -0.474. The van der Waals surface area contributed by atoms with Gasteiger partial charge in [0.25, 0.3) is 5.91 Å². The van der Waals surface area contributed by atoms with E-state index in [9.17, 15) is 4.79 Å². The number of nitrogens with two attached hydrogens (primary N) is 1. The maximum Gasteiger partial charge on any atom is 0.255 e. The van der Waals surface area contributed by atoms with E-state index in [1.54, 1.807) is 7.05 Å².